The summed E-state index contributed by atoms with van der Waals surface area (Å²) in [4.78, 5) is 0. The van der Waals surface area contributed by atoms with Crippen molar-refractivity contribution in [2.75, 3.05) is 11.9 Å². The van der Waals surface area contributed by atoms with E-state index in [-0.39, 0.29) is 0 Å². The van der Waals surface area contributed by atoms with Crippen LogP contribution in [0.25, 0.3) is 0 Å². The Labute approximate surface area is 97.2 Å². The summed E-state index contributed by atoms with van der Waals surface area (Å²) in [6.07, 6.45) is 9.51. The van der Waals surface area contributed by atoms with E-state index in [0.717, 1.165) is 19.0 Å². The van der Waals surface area contributed by atoms with E-state index in [1.165, 1.54) is 56.5 Å². The van der Waals surface area contributed by atoms with Crippen LogP contribution in [0.2, 0.25) is 0 Å². The van der Waals surface area contributed by atoms with Crippen LogP contribution in [-0.4, -0.2) is 16.3 Å². The van der Waals surface area contributed by atoms with Gasteiger partial charge in [0.25, 0.3) is 0 Å². The lowest BCUT2D eigenvalue weighted by Crippen LogP contribution is -2.17. The van der Waals surface area contributed by atoms with Crippen molar-refractivity contribution in [2.45, 2.75) is 57.4 Å². The fourth-order valence-corrected chi connectivity index (χ4v) is 2.97. The molecular formula is C13H21N3. The highest BCUT2D eigenvalue weighted by molar-refractivity contribution is 5.39. The van der Waals surface area contributed by atoms with Crippen molar-refractivity contribution in [3.63, 3.8) is 0 Å². The second kappa shape index (κ2) is 4.48. The third-order valence-corrected chi connectivity index (χ3v) is 3.93. The van der Waals surface area contributed by atoms with Gasteiger partial charge in [-0.25, -0.2) is 4.68 Å². The molecular weight excluding hydrogens is 198 g/mol. The van der Waals surface area contributed by atoms with Gasteiger partial charge in [-0.1, -0.05) is 25.7 Å². The van der Waals surface area contributed by atoms with Crippen LogP contribution in [0, 0.1) is 0 Å². The first-order valence-electron chi connectivity index (χ1n) is 6.75. The highest BCUT2D eigenvalue weighted by atomic mass is 15.3. The van der Waals surface area contributed by atoms with Crippen LogP contribution in [0.3, 0.4) is 0 Å². The summed E-state index contributed by atoms with van der Waals surface area (Å²) in [5.41, 5.74) is 1.34. The predicted molar refractivity (Wildman–Crippen MR) is 65.8 cm³/mol. The average molecular weight is 219 g/mol. The molecule has 1 aromatic rings. The van der Waals surface area contributed by atoms with E-state index >= 15 is 0 Å². The SMILES string of the molecule is c1c(C2CCCCCC2)nn2c1NCCC2. The molecule has 0 bridgehead atoms. The maximum absolute atomic E-state index is 4.77. The van der Waals surface area contributed by atoms with Crippen LogP contribution < -0.4 is 5.32 Å². The Hall–Kier alpha value is -0.990. The van der Waals surface area contributed by atoms with Gasteiger partial charge in [-0.2, -0.15) is 5.10 Å². The summed E-state index contributed by atoms with van der Waals surface area (Å²) < 4.78 is 2.16. The number of rotatable bonds is 1. The summed E-state index contributed by atoms with van der Waals surface area (Å²) in [6, 6.07) is 2.29. The summed E-state index contributed by atoms with van der Waals surface area (Å²) in [7, 11) is 0. The van der Waals surface area contributed by atoms with Crippen molar-refractivity contribution in [3.05, 3.63) is 11.8 Å². The third-order valence-electron chi connectivity index (χ3n) is 3.93. The highest BCUT2D eigenvalue weighted by Crippen LogP contribution is 2.32. The van der Waals surface area contributed by atoms with E-state index in [4.69, 9.17) is 5.10 Å². The molecule has 88 valence electrons. The Balaban J connectivity index is 1.79. The van der Waals surface area contributed by atoms with Crippen molar-refractivity contribution in [2.24, 2.45) is 0 Å². The van der Waals surface area contributed by atoms with E-state index in [0.29, 0.717) is 0 Å². The van der Waals surface area contributed by atoms with Gasteiger partial charge in [0.1, 0.15) is 5.82 Å². The Morgan fingerprint density at radius 3 is 2.69 bits per heavy atom. The number of hydrogen-bond donors (Lipinski definition) is 1. The number of fused-ring (bicyclic) bond motifs is 1. The summed E-state index contributed by atoms with van der Waals surface area (Å²) in [5, 5.41) is 8.21. The number of anilines is 1. The second-order valence-corrected chi connectivity index (χ2v) is 5.15. The van der Waals surface area contributed by atoms with E-state index in [1.54, 1.807) is 0 Å². The Morgan fingerprint density at radius 2 is 1.94 bits per heavy atom. The molecule has 1 N–H and O–H groups in total. The minimum absolute atomic E-state index is 0.724. The summed E-state index contributed by atoms with van der Waals surface area (Å²) in [5.74, 6) is 1.97. The maximum Gasteiger partial charge on any atom is 0.124 e. The molecule has 1 aliphatic heterocycles. The fourth-order valence-electron chi connectivity index (χ4n) is 2.97. The standard InChI is InChI=1S/C13H21N3/c1-2-4-7-11(6-3-1)12-10-13-14-8-5-9-16(13)15-12/h10-11,14H,1-9H2. The zero-order valence-electron chi connectivity index (χ0n) is 9.91. The third kappa shape index (κ3) is 1.95. The van der Waals surface area contributed by atoms with Gasteiger partial charge in [0, 0.05) is 25.1 Å². The Morgan fingerprint density at radius 1 is 1.12 bits per heavy atom. The van der Waals surface area contributed by atoms with Gasteiger partial charge in [0.2, 0.25) is 0 Å². The molecule has 1 aromatic heterocycles. The Kier molecular flexibility index (Phi) is 2.85. The molecule has 0 aromatic carbocycles. The van der Waals surface area contributed by atoms with Crippen molar-refractivity contribution >= 4 is 5.82 Å². The molecule has 16 heavy (non-hydrogen) atoms. The van der Waals surface area contributed by atoms with Gasteiger partial charge in [0.05, 0.1) is 5.69 Å². The molecule has 3 heteroatoms. The van der Waals surface area contributed by atoms with Crippen LogP contribution in [0.1, 0.15) is 56.6 Å². The van der Waals surface area contributed by atoms with Crippen LogP contribution in [0.5, 0.6) is 0 Å². The summed E-state index contributed by atoms with van der Waals surface area (Å²) in [6.45, 7) is 2.20. The number of hydrogen-bond acceptors (Lipinski definition) is 2. The minimum Gasteiger partial charge on any atom is -0.370 e. The molecule has 1 aliphatic carbocycles. The highest BCUT2D eigenvalue weighted by Gasteiger charge is 2.20. The zero-order valence-corrected chi connectivity index (χ0v) is 9.91. The molecule has 2 heterocycles. The molecule has 0 unspecified atom stereocenters. The molecule has 2 aliphatic rings. The van der Waals surface area contributed by atoms with Crippen LogP contribution in [0.15, 0.2) is 6.07 Å². The predicted octanol–water partition coefficient (Wildman–Crippen LogP) is 3.14. The quantitative estimate of drug-likeness (QED) is 0.735. The van der Waals surface area contributed by atoms with Crippen molar-refractivity contribution in [3.8, 4) is 0 Å². The Bertz CT molecular complexity index is 325. The molecule has 0 spiro atoms. The topological polar surface area (TPSA) is 29.9 Å². The molecule has 1 fully saturated rings. The molecule has 0 radical (unpaired) electrons. The minimum atomic E-state index is 0.724. The first-order chi connectivity index (χ1) is 7.93. The van der Waals surface area contributed by atoms with Gasteiger partial charge >= 0.3 is 0 Å². The lowest BCUT2D eigenvalue weighted by Gasteiger charge is -2.14. The zero-order chi connectivity index (χ0) is 10.8. The van der Waals surface area contributed by atoms with E-state index in [9.17, 15) is 0 Å². The monoisotopic (exact) mass is 219 g/mol. The molecule has 0 amide bonds. The van der Waals surface area contributed by atoms with Crippen molar-refractivity contribution in [1.82, 2.24) is 9.78 Å². The smallest absolute Gasteiger partial charge is 0.124 e. The normalized spacial score (nSPS) is 22.2. The fraction of sp³-hybridized carbons (Fsp3) is 0.769. The van der Waals surface area contributed by atoms with Gasteiger partial charge in [-0.15, -0.1) is 0 Å². The lowest BCUT2D eigenvalue weighted by molar-refractivity contribution is 0.529. The lowest BCUT2D eigenvalue weighted by atomic mass is 9.97. The van der Waals surface area contributed by atoms with Gasteiger partial charge in [-0.3, -0.25) is 0 Å². The van der Waals surface area contributed by atoms with Crippen LogP contribution in [-0.2, 0) is 6.54 Å². The molecule has 0 atom stereocenters. The molecule has 3 nitrogen and oxygen atoms in total. The van der Waals surface area contributed by atoms with Gasteiger partial charge in [0.15, 0.2) is 0 Å². The number of nitrogens with one attached hydrogen (secondary N) is 1. The molecule has 0 saturated heterocycles. The number of nitrogens with zero attached hydrogens (tertiary/aromatic N) is 2. The van der Waals surface area contributed by atoms with E-state index in [2.05, 4.69) is 16.1 Å². The van der Waals surface area contributed by atoms with E-state index < -0.39 is 0 Å². The number of aromatic nitrogens is 2. The molecule has 1 saturated carbocycles. The van der Waals surface area contributed by atoms with Crippen molar-refractivity contribution in [1.29, 1.82) is 0 Å². The first-order valence-corrected chi connectivity index (χ1v) is 6.75. The largest absolute Gasteiger partial charge is 0.370 e. The van der Waals surface area contributed by atoms with Gasteiger partial charge in [-0.05, 0) is 19.3 Å². The summed E-state index contributed by atoms with van der Waals surface area (Å²) >= 11 is 0. The van der Waals surface area contributed by atoms with Crippen LogP contribution >= 0.6 is 0 Å². The maximum atomic E-state index is 4.77. The van der Waals surface area contributed by atoms with Crippen molar-refractivity contribution < 1.29 is 0 Å². The number of aryl methyl sites for hydroxylation is 1. The molecule has 3 rings (SSSR count). The van der Waals surface area contributed by atoms with Gasteiger partial charge < -0.3 is 5.32 Å². The second-order valence-electron chi connectivity index (χ2n) is 5.15. The average Bonchev–Trinajstić information content (AvgIpc) is 2.56. The van der Waals surface area contributed by atoms with E-state index in [1.807, 2.05) is 0 Å². The van der Waals surface area contributed by atoms with Crippen LogP contribution in [0.4, 0.5) is 5.82 Å². The first kappa shape index (κ1) is 10.2.